The Morgan fingerprint density at radius 2 is 1.68 bits per heavy atom. The van der Waals surface area contributed by atoms with Gasteiger partial charge in [0.2, 0.25) is 0 Å². The van der Waals surface area contributed by atoms with Crippen LogP contribution in [0.3, 0.4) is 0 Å². The fourth-order valence-electron chi connectivity index (χ4n) is 1.92. The van der Waals surface area contributed by atoms with Crippen molar-refractivity contribution in [3.63, 3.8) is 0 Å². The minimum Gasteiger partial charge on any atom is -0.126 e. The molecule has 0 bridgehead atoms. The van der Waals surface area contributed by atoms with Gasteiger partial charge in [-0.05, 0) is 43.2 Å². The summed E-state index contributed by atoms with van der Waals surface area (Å²) in [5, 5.41) is 0.139. The Kier molecular flexibility index (Phi) is 5.81. The Labute approximate surface area is 125 Å². The quantitative estimate of drug-likeness (QED) is 0.365. The first-order chi connectivity index (χ1) is 9.25. The predicted octanol–water partition coefficient (Wildman–Crippen LogP) is 5.85. The van der Waals surface area contributed by atoms with E-state index >= 15 is 0 Å². The molecule has 0 aromatic heterocycles. The maximum atomic E-state index is 6.40. The standard InChI is InChI=1S/C17H19ClS/c1-14-9-11-16(12-10-14)19-13-5-8-17(18)15-6-3-2-4-7-15/h2-4,6-7,9-12,17H,5,8,13H2,1H3. The molecule has 0 radical (unpaired) electrons. The average Bonchev–Trinajstić information content (AvgIpc) is 2.46. The number of alkyl halides is 1. The Hall–Kier alpha value is -0.920. The van der Waals surface area contributed by atoms with Crippen molar-refractivity contribution in [2.75, 3.05) is 5.75 Å². The Morgan fingerprint density at radius 3 is 2.37 bits per heavy atom. The van der Waals surface area contributed by atoms with E-state index < -0.39 is 0 Å². The zero-order valence-corrected chi connectivity index (χ0v) is 12.8. The number of hydrogen-bond donors (Lipinski definition) is 0. The summed E-state index contributed by atoms with van der Waals surface area (Å²) >= 11 is 8.31. The number of hydrogen-bond acceptors (Lipinski definition) is 1. The molecule has 0 amide bonds. The summed E-state index contributed by atoms with van der Waals surface area (Å²) < 4.78 is 0. The highest BCUT2D eigenvalue weighted by Gasteiger charge is 2.06. The second-order valence-corrected chi connectivity index (χ2v) is 6.38. The topological polar surface area (TPSA) is 0 Å². The van der Waals surface area contributed by atoms with Crippen LogP contribution in [0.2, 0.25) is 0 Å². The lowest BCUT2D eigenvalue weighted by Gasteiger charge is -2.09. The van der Waals surface area contributed by atoms with Crippen molar-refractivity contribution in [1.82, 2.24) is 0 Å². The van der Waals surface area contributed by atoms with Gasteiger partial charge in [0.25, 0.3) is 0 Å². The second-order valence-electron chi connectivity index (χ2n) is 4.68. The Balaban J connectivity index is 1.71. The molecule has 0 aliphatic rings. The number of benzene rings is 2. The first kappa shape index (κ1) is 14.5. The summed E-state index contributed by atoms with van der Waals surface area (Å²) in [5.41, 5.74) is 2.54. The molecule has 100 valence electrons. The monoisotopic (exact) mass is 290 g/mol. The molecule has 1 unspecified atom stereocenters. The van der Waals surface area contributed by atoms with E-state index in [9.17, 15) is 0 Å². The van der Waals surface area contributed by atoms with Gasteiger partial charge < -0.3 is 0 Å². The molecule has 0 fully saturated rings. The van der Waals surface area contributed by atoms with Crippen LogP contribution in [0.4, 0.5) is 0 Å². The molecule has 2 heteroatoms. The third kappa shape index (κ3) is 4.93. The minimum absolute atomic E-state index is 0.139. The van der Waals surface area contributed by atoms with Crippen LogP contribution in [0, 0.1) is 6.92 Å². The number of thioether (sulfide) groups is 1. The summed E-state index contributed by atoms with van der Waals surface area (Å²) in [5.74, 6) is 1.12. The van der Waals surface area contributed by atoms with Crippen LogP contribution in [-0.2, 0) is 0 Å². The third-order valence-electron chi connectivity index (χ3n) is 3.05. The van der Waals surface area contributed by atoms with Gasteiger partial charge in [-0.1, -0.05) is 48.0 Å². The SMILES string of the molecule is Cc1ccc(SCCCC(Cl)c2ccccc2)cc1. The van der Waals surface area contributed by atoms with Crippen LogP contribution in [0.25, 0.3) is 0 Å². The highest BCUT2D eigenvalue weighted by Crippen LogP contribution is 2.27. The van der Waals surface area contributed by atoms with Gasteiger partial charge in [-0.15, -0.1) is 23.4 Å². The van der Waals surface area contributed by atoms with Crippen molar-refractivity contribution in [3.8, 4) is 0 Å². The van der Waals surface area contributed by atoms with Gasteiger partial charge in [-0.25, -0.2) is 0 Å². The van der Waals surface area contributed by atoms with Crippen LogP contribution in [0.5, 0.6) is 0 Å². The molecule has 0 aliphatic heterocycles. The molecule has 2 rings (SSSR count). The Bertz CT molecular complexity index is 478. The molecule has 0 aliphatic carbocycles. The smallest absolute Gasteiger partial charge is 0.0585 e. The van der Waals surface area contributed by atoms with Crippen LogP contribution in [-0.4, -0.2) is 5.75 Å². The first-order valence-electron chi connectivity index (χ1n) is 6.64. The van der Waals surface area contributed by atoms with Gasteiger partial charge in [0, 0.05) is 4.90 Å². The molecule has 2 aromatic rings. The van der Waals surface area contributed by atoms with Gasteiger partial charge in [0.15, 0.2) is 0 Å². The highest BCUT2D eigenvalue weighted by molar-refractivity contribution is 7.99. The van der Waals surface area contributed by atoms with Crippen molar-refractivity contribution in [1.29, 1.82) is 0 Å². The summed E-state index contributed by atoms with van der Waals surface area (Å²) in [4.78, 5) is 1.34. The van der Waals surface area contributed by atoms with E-state index in [0.29, 0.717) is 0 Å². The molecule has 0 nitrogen and oxygen atoms in total. The fourth-order valence-corrected chi connectivity index (χ4v) is 3.09. The van der Waals surface area contributed by atoms with Crippen LogP contribution < -0.4 is 0 Å². The molecular formula is C17H19ClS. The maximum Gasteiger partial charge on any atom is 0.0585 e. The summed E-state index contributed by atoms with van der Waals surface area (Å²) in [7, 11) is 0. The Morgan fingerprint density at radius 1 is 1.00 bits per heavy atom. The van der Waals surface area contributed by atoms with Crippen LogP contribution >= 0.6 is 23.4 Å². The summed E-state index contributed by atoms with van der Waals surface area (Å²) in [6.45, 7) is 2.12. The summed E-state index contributed by atoms with van der Waals surface area (Å²) in [6.07, 6.45) is 2.17. The lowest BCUT2D eigenvalue weighted by Crippen LogP contribution is -1.91. The van der Waals surface area contributed by atoms with Crippen molar-refractivity contribution in [3.05, 3.63) is 65.7 Å². The number of aryl methyl sites for hydroxylation is 1. The first-order valence-corrected chi connectivity index (χ1v) is 8.06. The summed E-state index contributed by atoms with van der Waals surface area (Å²) in [6, 6.07) is 19.0. The lowest BCUT2D eigenvalue weighted by atomic mass is 10.1. The van der Waals surface area contributed by atoms with Crippen LogP contribution in [0.15, 0.2) is 59.5 Å². The molecular weight excluding hydrogens is 272 g/mol. The third-order valence-corrected chi connectivity index (χ3v) is 4.62. The van der Waals surface area contributed by atoms with Crippen LogP contribution in [0.1, 0.15) is 29.3 Å². The minimum atomic E-state index is 0.139. The van der Waals surface area contributed by atoms with Gasteiger partial charge in [0.05, 0.1) is 5.38 Å². The van der Waals surface area contributed by atoms with E-state index in [1.54, 1.807) is 0 Å². The van der Waals surface area contributed by atoms with Crippen molar-refractivity contribution in [2.45, 2.75) is 30.0 Å². The van der Waals surface area contributed by atoms with Crippen molar-refractivity contribution >= 4 is 23.4 Å². The largest absolute Gasteiger partial charge is 0.126 e. The zero-order valence-electron chi connectivity index (χ0n) is 11.2. The molecule has 19 heavy (non-hydrogen) atoms. The van der Waals surface area contributed by atoms with E-state index in [2.05, 4.69) is 43.3 Å². The van der Waals surface area contributed by atoms with Crippen molar-refractivity contribution in [2.24, 2.45) is 0 Å². The molecule has 0 saturated heterocycles. The van der Waals surface area contributed by atoms with Gasteiger partial charge in [-0.3, -0.25) is 0 Å². The van der Waals surface area contributed by atoms with Gasteiger partial charge in [0.1, 0.15) is 0 Å². The van der Waals surface area contributed by atoms with E-state index in [0.717, 1.165) is 18.6 Å². The molecule has 0 heterocycles. The lowest BCUT2D eigenvalue weighted by molar-refractivity contribution is 0.777. The van der Waals surface area contributed by atoms with E-state index in [1.165, 1.54) is 16.0 Å². The van der Waals surface area contributed by atoms with E-state index in [1.807, 2.05) is 30.0 Å². The molecule has 2 aromatic carbocycles. The second kappa shape index (κ2) is 7.62. The van der Waals surface area contributed by atoms with Crippen molar-refractivity contribution < 1.29 is 0 Å². The molecule has 0 N–H and O–H groups in total. The van der Waals surface area contributed by atoms with E-state index in [-0.39, 0.29) is 5.38 Å². The normalized spacial score (nSPS) is 12.3. The number of rotatable bonds is 6. The highest BCUT2D eigenvalue weighted by atomic mass is 35.5. The zero-order chi connectivity index (χ0) is 13.5. The molecule has 0 spiro atoms. The number of halogens is 1. The maximum absolute atomic E-state index is 6.40. The predicted molar refractivity (Wildman–Crippen MR) is 86.2 cm³/mol. The van der Waals surface area contributed by atoms with Gasteiger partial charge in [-0.2, -0.15) is 0 Å². The molecule has 1 atom stereocenters. The fraction of sp³-hybridized carbons (Fsp3) is 0.294. The van der Waals surface area contributed by atoms with Gasteiger partial charge >= 0.3 is 0 Å². The van der Waals surface area contributed by atoms with E-state index in [4.69, 9.17) is 11.6 Å². The average molecular weight is 291 g/mol. The molecule has 0 saturated carbocycles.